The maximum Gasteiger partial charge on any atom is 0.490 e. The highest BCUT2D eigenvalue weighted by atomic mass is 19.4. The van der Waals surface area contributed by atoms with Crippen molar-refractivity contribution in [2.24, 2.45) is 28.9 Å². The van der Waals surface area contributed by atoms with Crippen LogP contribution in [0.3, 0.4) is 0 Å². The van der Waals surface area contributed by atoms with Crippen molar-refractivity contribution in [3.05, 3.63) is 38.4 Å². The molecule has 0 aliphatic rings. The lowest BCUT2D eigenvalue weighted by Gasteiger charge is -2.27. The molecule has 0 bridgehead atoms. The number of nitrogens with zero attached hydrogens (tertiary/aromatic N) is 2. The zero-order valence-corrected chi connectivity index (χ0v) is 36.7. The molecule has 1 aromatic rings. The molecule has 0 heterocycles. The second-order valence-corrected chi connectivity index (χ2v) is 14.9. The summed E-state index contributed by atoms with van der Waals surface area (Å²) in [5, 5.41) is 50.3. The maximum absolute atomic E-state index is 13.8. The number of carboxylic acids is 2. The average molecular weight is 980 g/mol. The van der Waals surface area contributed by atoms with Gasteiger partial charge in [-0.2, -0.15) is 26.3 Å². The highest BCUT2D eigenvalue weighted by Crippen LogP contribution is 2.29. The van der Waals surface area contributed by atoms with Gasteiger partial charge in [-0.15, -0.1) is 0 Å². The van der Waals surface area contributed by atoms with E-state index in [0.717, 1.165) is 12.1 Å². The van der Waals surface area contributed by atoms with Gasteiger partial charge in [0.15, 0.2) is 0 Å². The number of halogens is 6. The molecule has 382 valence electrons. The molecule has 1 rings (SSSR count). The number of anilines is 1. The minimum Gasteiger partial charge on any atom is -0.475 e. The van der Waals surface area contributed by atoms with Crippen molar-refractivity contribution in [1.29, 1.82) is 0 Å². The van der Waals surface area contributed by atoms with Crippen LogP contribution in [-0.2, 0) is 33.6 Å². The largest absolute Gasteiger partial charge is 0.490 e. The highest BCUT2D eigenvalue weighted by Gasteiger charge is 2.39. The molecule has 5 atom stereocenters. The number of aliphatic carboxylic acids is 2. The van der Waals surface area contributed by atoms with E-state index >= 15 is 0 Å². The van der Waals surface area contributed by atoms with Crippen LogP contribution in [0.5, 0.6) is 0 Å². The fourth-order valence-electron chi connectivity index (χ4n) is 5.26. The molecule has 1 aromatic carbocycles. The molecule has 67 heavy (non-hydrogen) atoms. The van der Waals surface area contributed by atoms with Gasteiger partial charge >= 0.3 is 24.3 Å². The molecule has 30 heteroatoms. The second-order valence-electron chi connectivity index (χ2n) is 14.9. The Balaban J connectivity index is 0. The zero-order valence-electron chi connectivity index (χ0n) is 36.7. The summed E-state index contributed by atoms with van der Waals surface area (Å²) in [7, 11) is 0. The number of primary amides is 1. The number of hydrogen-bond donors (Lipinski definition) is 11. The molecule has 0 unspecified atom stereocenters. The van der Waals surface area contributed by atoms with E-state index in [1.807, 2.05) is 13.8 Å². The first-order chi connectivity index (χ1) is 30.9. The van der Waals surface area contributed by atoms with Gasteiger partial charge in [0.05, 0.1) is 22.0 Å². The van der Waals surface area contributed by atoms with Crippen LogP contribution >= 0.6 is 0 Å². The molecular weight excluding hydrogens is 920 g/mol. The maximum atomic E-state index is 13.8. The smallest absolute Gasteiger partial charge is 0.475 e. The molecule has 15 N–H and O–H groups in total. The average Bonchev–Trinajstić information content (AvgIpc) is 3.21. The van der Waals surface area contributed by atoms with Crippen LogP contribution in [-0.4, -0.2) is 124 Å². The van der Waals surface area contributed by atoms with Crippen LogP contribution in [0, 0.1) is 26.1 Å². The van der Waals surface area contributed by atoms with Crippen LogP contribution in [0.1, 0.15) is 85.0 Å². The van der Waals surface area contributed by atoms with E-state index in [2.05, 4.69) is 26.6 Å². The van der Waals surface area contributed by atoms with Crippen molar-refractivity contribution >= 4 is 58.5 Å². The SMILES string of the molecule is CC(C)C[C@H](NC(=O)[C@H](C)N)C(=O)N[C@@H](CCCCN)C(=O)N[C@@H](CCCCNc1ccc([N+](=O)[O-])cc1[N+](=O)[O-])C(=O)N[C@@H](CCCCN)C(N)=O.O=C(O)C(F)(F)F.O=C(O)C(F)(F)F. The Morgan fingerprint density at radius 1 is 0.642 bits per heavy atom. The van der Waals surface area contributed by atoms with Gasteiger partial charge in [0, 0.05) is 12.6 Å². The Bertz CT molecular complexity index is 1780. The lowest BCUT2D eigenvalue weighted by Crippen LogP contribution is -2.58. The number of benzene rings is 1. The van der Waals surface area contributed by atoms with Gasteiger partial charge in [-0.3, -0.25) is 44.2 Å². The number of unbranched alkanes of at least 4 members (excludes halogenated alkanes) is 3. The van der Waals surface area contributed by atoms with Crippen molar-refractivity contribution < 1.29 is 80.0 Å². The standard InChI is InChI=1S/C33H57N11O9.2C2HF3O2/c1-20(2)18-27(42-30(46)21(3)36)33(49)41-25(11-5-8-16-35)32(48)40-26(31(47)39-24(29(37)45)10-4-7-15-34)12-6-9-17-38-23-14-13-22(43(50)51)19-28(23)44(52)53;2*3-2(4,5)1(6)7/h13-14,19-21,24-27,38H,4-12,15-18,34-36H2,1-3H3,(H2,37,45)(H,39,47)(H,40,48)(H,41,49)(H,42,46);2*(H,6,7)/t21-,24-,25-,26-,27-;;/m0../s1. The third-order valence-electron chi connectivity index (χ3n) is 8.68. The van der Waals surface area contributed by atoms with Crippen molar-refractivity contribution in [1.82, 2.24) is 21.3 Å². The van der Waals surface area contributed by atoms with Crippen LogP contribution in [0.2, 0.25) is 0 Å². The number of nitrogens with one attached hydrogen (secondary N) is 5. The number of non-ortho nitro benzene ring substituents is 1. The molecule has 0 spiro atoms. The van der Waals surface area contributed by atoms with Gasteiger partial charge < -0.3 is 59.7 Å². The van der Waals surface area contributed by atoms with E-state index in [4.69, 9.17) is 42.7 Å². The van der Waals surface area contributed by atoms with Gasteiger partial charge in [0.1, 0.15) is 29.9 Å². The van der Waals surface area contributed by atoms with Crippen molar-refractivity contribution in [3.63, 3.8) is 0 Å². The molecule has 5 amide bonds. The number of alkyl halides is 6. The van der Waals surface area contributed by atoms with Crippen LogP contribution < -0.4 is 49.5 Å². The van der Waals surface area contributed by atoms with Gasteiger partial charge in [-0.1, -0.05) is 13.8 Å². The molecule has 0 fully saturated rings. The molecule has 0 radical (unpaired) electrons. The van der Waals surface area contributed by atoms with Crippen LogP contribution in [0.4, 0.5) is 43.4 Å². The van der Waals surface area contributed by atoms with E-state index in [1.165, 1.54) is 13.0 Å². The quantitative estimate of drug-likeness (QED) is 0.0257. The number of nitrogens with two attached hydrogens (primary N) is 4. The summed E-state index contributed by atoms with van der Waals surface area (Å²) in [6, 6.07) is -1.99. The fourth-order valence-corrected chi connectivity index (χ4v) is 5.26. The Morgan fingerprint density at radius 2 is 1.03 bits per heavy atom. The summed E-state index contributed by atoms with van der Waals surface area (Å²) in [6.07, 6.45) is -6.72. The van der Waals surface area contributed by atoms with Gasteiger partial charge in [-0.25, -0.2) is 9.59 Å². The van der Waals surface area contributed by atoms with E-state index < -0.39 is 105 Å². The highest BCUT2D eigenvalue weighted by molar-refractivity contribution is 5.95. The third-order valence-corrected chi connectivity index (χ3v) is 8.68. The molecule has 0 saturated carbocycles. The summed E-state index contributed by atoms with van der Waals surface area (Å²) >= 11 is 0. The Morgan fingerprint density at radius 3 is 1.39 bits per heavy atom. The molecule has 0 aromatic heterocycles. The fraction of sp³-hybridized carbons (Fsp3) is 0.649. The van der Waals surface area contributed by atoms with E-state index in [0.29, 0.717) is 51.6 Å². The summed E-state index contributed by atoms with van der Waals surface area (Å²) in [5.41, 5.74) is 21.6. The number of carboxylic acid groups (broad SMARTS) is 2. The molecule has 0 aliphatic carbocycles. The number of carbonyl (C=O) groups excluding carboxylic acids is 5. The number of amides is 5. The minimum absolute atomic E-state index is 0.000752. The predicted molar refractivity (Wildman–Crippen MR) is 225 cm³/mol. The number of nitro groups is 2. The molecule has 0 saturated heterocycles. The van der Waals surface area contributed by atoms with E-state index in [1.54, 1.807) is 0 Å². The zero-order chi connectivity index (χ0) is 52.2. The molecule has 24 nitrogen and oxygen atoms in total. The van der Waals surface area contributed by atoms with Crippen molar-refractivity contribution in [2.45, 2.75) is 128 Å². The minimum atomic E-state index is -5.08. The summed E-state index contributed by atoms with van der Waals surface area (Å²) in [6.45, 7) is 6.09. The Hall–Kier alpha value is -6.43. The second kappa shape index (κ2) is 31.5. The van der Waals surface area contributed by atoms with Crippen LogP contribution in [0.25, 0.3) is 0 Å². The van der Waals surface area contributed by atoms with Gasteiger partial charge in [0.2, 0.25) is 29.5 Å². The van der Waals surface area contributed by atoms with Crippen molar-refractivity contribution in [3.8, 4) is 0 Å². The lowest BCUT2D eigenvalue weighted by molar-refractivity contribution is -0.393. The van der Waals surface area contributed by atoms with E-state index in [-0.39, 0.29) is 43.8 Å². The summed E-state index contributed by atoms with van der Waals surface area (Å²) < 4.78 is 63.5. The number of nitro benzene ring substituents is 2. The number of carbonyl (C=O) groups is 7. The number of hydrogen-bond acceptors (Lipinski definition) is 15. The first-order valence-corrected chi connectivity index (χ1v) is 20.3. The first-order valence-electron chi connectivity index (χ1n) is 20.3. The lowest BCUT2D eigenvalue weighted by atomic mass is 10.0. The molecule has 0 aliphatic heterocycles. The van der Waals surface area contributed by atoms with Crippen molar-refractivity contribution in [2.75, 3.05) is 25.0 Å². The van der Waals surface area contributed by atoms with Gasteiger partial charge in [0.25, 0.3) is 11.4 Å². The number of rotatable bonds is 27. The van der Waals surface area contributed by atoms with Crippen LogP contribution in [0.15, 0.2) is 18.2 Å². The topological polar surface area (TPSA) is 410 Å². The van der Waals surface area contributed by atoms with E-state index in [9.17, 15) is 70.5 Å². The Labute approximate surface area is 379 Å². The molecular formula is C37H59F6N11O13. The Kier molecular flexibility index (Phi) is 29.4. The normalized spacial score (nSPS) is 13.3. The monoisotopic (exact) mass is 979 g/mol. The first kappa shape index (κ1) is 62.7. The summed E-state index contributed by atoms with van der Waals surface area (Å²) in [4.78, 5) is 104. The summed E-state index contributed by atoms with van der Waals surface area (Å²) in [5.74, 6) is -8.81. The van der Waals surface area contributed by atoms with Gasteiger partial charge in [-0.05, 0) is 96.2 Å². The predicted octanol–water partition coefficient (Wildman–Crippen LogP) is 1.43. The third kappa shape index (κ3) is 27.6.